The second-order valence-corrected chi connectivity index (χ2v) is 11.9. The van der Waals surface area contributed by atoms with E-state index in [2.05, 4.69) is 13.8 Å². The first-order valence-corrected chi connectivity index (χ1v) is 12.3. The summed E-state index contributed by atoms with van der Waals surface area (Å²) in [6, 6.07) is 0. The maximum absolute atomic E-state index is 6.26. The molecule has 0 aliphatic heterocycles. The molecular weight excluding hydrogens is 311 g/mol. The van der Waals surface area contributed by atoms with Gasteiger partial charge < -0.3 is 0 Å². The van der Waals surface area contributed by atoms with Gasteiger partial charge in [0.15, 0.2) is 0 Å². The average molecular weight is 352 g/mol. The Labute approximate surface area is 164 Å². The Morgan fingerprint density at radius 1 is 0.577 bits per heavy atom. The molecule has 5 fully saturated rings. The summed E-state index contributed by atoms with van der Waals surface area (Å²) < 4.78 is 0. The van der Waals surface area contributed by atoms with Crippen LogP contribution in [-0.2, 0) is 0 Å². The minimum atomic E-state index is 0.519. The zero-order valence-electron chi connectivity index (χ0n) is 17.5. The smallest absolute Gasteiger partial charge is 0.0699 e. The van der Waals surface area contributed by atoms with Crippen LogP contribution in [-0.4, -0.2) is 7.85 Å². The number of hydrogen-bond donors (Lipinski definition) is 0. The van der Waals surface area contributed by atoms with E-state index in [4.69, 9.17) is 7.85 Å². The van der Waals surface area contributed by atoms with Crippen LogP contribution in [0.25, 0.3) is 0 Å². The van der Waals surface area contributed by atoms with E-state index in [1.165, 1.54) is 44.9 Å². The van der Waals surface area contributed by atoms with E-state index in [9.17, 15) is 0 Å². The molecular formula is C25H41B. The van der Waals surface area contributed by atoms with Gasteiger partial charge in [-0.3, -0.25) is 0 Å². The van der Waals surface area contributed by atoms with E-state index in [0.717, 1.165) is 47.3 Å². The van der Waals surface area contributed by atoms with E-state index in [1.54, 1.807) is 38.5 Å². The summed E-state index contributed by atoms with van der Waals surface area (Å²) in [4.78, 5) is 0. The molecule has 144 valence electrons. The largest absolute Gasteiger partial charge is 0.0771 e. The van der Waals surface area contributed by atoms with Crippen LogP contribution in [0.5, 0.6) is 0 Å². The summed E-state index contributed by atoms with van der Waals surface area (Å²) in [6.45, 7) is 5.34. The molecule has 0 saturated heterocycles. The van der Waals surface area contributed by atoms with Crippen molar-refractivity contribution in [2.24, 2.45) is 52.8 Å². The van der Waals surface area contributed by atoms with Crippen molar-refractivity contribution in [2.45, 2.75) is 103 Å². The molecule has 0 spiro atoms. The van der Waals surface area contributed by atoms with E-state index < -0.39 is 0 Å². The van der Waals surface area contributed by atoms with E-state index in [1.807, 2.05) is 0 Å². The van der Waals surface area contributed by atoms with E-state index in [-0.39, 0.29) is 0 Å². The van der Waals surface area contributed by atoms with Crippen LogP contribution in [0.2, 0.25) is 5.82 Å². The van der Waals surface area contributed by atoms with Gasteiger partial charge in [0.05, 0.1) is 7.85 Å². The molecule has 5 saturated carbocycles. The quantitative estimate of drug-likeness (QED) is 0.444. The summed E-state index contributed by atoms with van der Waals surface area (Å²) in [7, 11) is 6.26. The Kier molecular flexibility index (Phi) is 4.77. The van der Waals surface area contributed by atoms with Crippen molar-refractivity contribution in [3.63, 3.8) is 0 Å². The van der Waals surface area contributed by atoms with Crippen LogP contribution in [0, 0.1) is 52.8 Å². The molecule has 0 aromatic rings. The molecule has 9 unspecified atom stereocenters. The molecule has 26 heavy (non-hydrogen) atoms. The third kappa shape index (κ3) is 2.93. The third-order valence-corrected chi connectivity index (χ3v) is 10.6. The van der Waals surface area contributed by atoms with Crippen molar-refractivity contribution in [3.05, 3.63) is 0 Å². The number of rotatable bonds is 1. The predicted octanol–water partition coefficient (Wildman–Crippen LogP) is 7.04. The highest BCUT2D eigenvalue weighted by Gasteiger charge is 2.57. The molecule has 5 aliphatic carbocycles. The van der Waals surface area contributed by atoms with Gasteiger partial charge in [-0.1, -0.05) is 51.8 Å². The second-order valence-electron chi connectivity index (χ2n) is 11.9. The molecule has 0 heterocycles. The van der Waals surface area contributed by atoms with Gasteiger partial charge >= 0.3 is 0 Å². The highest BCUT2D eigenvalue weighted by atomic mass is 14.6. The van der Waals surface area contributed by atoms with Crippen molar-refractivity contribution in [3.8, 4) is 0 Å². The Morgan fingerprint density at radius 2 is 1.15 bits per heavy atom. The minimum absolute atomic E-state index is 0.519. The van der Waals surface area contributed by atoms with Gasteiger partial charge in [-0.05, 0) is 104 Å². The summed E-state index contributed by atoms with van der Waals surface area (Å²) in [6.07, 6.45) is 19.6. The summed E-state index contributed by atoms with van der Waals surface area (Å²) in [5, 5.41) is 0. The molecule has 9 atom stereocenters. The maximum Gasteiger partial charge on any atom is 0.0699 e. The Hall–Kier alpha value is 0.0649. The molecule has 0 nitrogen and oxygen atoms in total. The Balaban J connectivity index is 1.27. The van der Waals surface area contributed by atoms with E-state index >= 15 is 0 Å². The van der Waals surface area contributed by atoms with Crippen LogP contribution in [0.1, 0.15) is 97.3 Å². The lowest BCUT2D eigenvalue weighted by molar-refractivity contribution is 0.0387. The molecule has 2 radical (unpaired) electrons. The first-order valence-electron chi connectivity index (χ1n) is 12.3. The predicted molar refractivity (Wildman–Crippen MR) is 111 cm³/mol. The van der Waals surface area contributed by atoms with Crippen molar-refractivity contribution in [1.29, 1.82) is 0 Å². The Bertz CT molecular complexity index is 510. The van der Waals surface area contributed by atoms with Gasteiger partial charge in [0.1, 0.15) is 0 Å². The van der Waals surface area contributed by atoms with Gasteiger partial charge in [0.25, 0.3) is 0 Å². The highest BCUT2D eigenvalue weighted by molar-refractivity contribution is 6.11. The van der Waals surface area contributed by atoms with Gasteiger partial charge in [-0.2, -0.15) is 0 Å². The molecule has 0 bridgehead atoms. The molecule has 0 aromatic heterocycles. The van der Waals surface area contributed by atoms with Gasteiger partial charge in [-0.15, -0.1) is 0 Å². The van der Waals surface area contributed by atoms with Crippen molar-refractivity contribution in [2.75, 3.05) is 0 Å². The first kappa shape index (κ1) is 18.1. The topological polar surface area (TPSA) is 0 Å². The number of hydrogen-bond acceptors (Lipinski definition) is 0. The molecule has 0 N–H and O–H groups in total. The first-order chi connectivity index (χ1) is 12.5. The third-order valence-electron chi connectivity index (χ3n) is 10.6. The maximum atomic E-state index is 6.26. The van der Waals surface area contributed by atoms with Crippen LogP contribution < -0.4 is 0 Å². The zero-order chi connectivity index (χ0) is 17.9. The monoisotopic (exact) mass is 352 g/mol. The highest BCUT2D eigenvalue weighted by Crippen LogP contribution is 2.64. The molecule has 5 aliphatic rings. The van der Waals surface area contributed by atoms with Crippen molar-refractivity contribution >= 4 is 7.85 Å². The normalized spacial score (nSPS) is 53.4. The second kappa shape index (κ2) is 6.84. The van der Waals surface area contributed by atoms with Crippen molar-refractivity contribution in [1.82, 2.24) is 0 Å². The minimum Gasteiger partial charge on any atom is -0.0771 e. The Morgan fingerprint density at radius 3 is 1.96 bits per heavy atom. The molecule has 0 aromatic carbocycles. The zero-order valence-corrected chi connectivity index (χ0v) is 17.5. The molecule has 1 heteroatoms. The number of fused-ring (bicyclic) bond motifs is 4. The fraction of sp³-hybridized carbons (Fsp3) is 1.00. The van der Waals surface area contributed by atoms with Gasteiger partial charge in [0.2, 0.25) is 0 Å². The molecule has 5 rings (SSSR count). The lowest BCUT2D eigenvalue weighted by atomic mass is 9.57. The lowest BCUT2D eigenvalue weighted by Crippen LogP contribution is -2.37. The van der Waals surface area contributed by atoms with Crippen LogP contribution in [0.3, 0.4) is 0 Å². The fourth-order valence-corrected chi connectivity index (χ4v) is 9.28. The average Bonchev–Trinajstić information content (AvgIpc) is 2.89. The summed E-state index contributed by atoms with van der Waals surface area (Å²) in [5.41, 5.74) is 0.628. The van der Waals surface area contributed by atoms with Crippen LogP contribution in [0.15, 0.2) is 0 Å². The van der Waals surface area contributed by atoms with E-state index in [0.29, 0.717) is 11.2 Å². The van der Waals surface area contributed by atoms with Crippen LogP contribution >= 0.6 is 0 Å². The summed E-state index contributed by atoms with van der Waals surface area (Å²) in [5.74, 6) is 8.95. The lowest BCUT2D eigenvalue weighted by Gasteiger charge is -2.47. The van der Waals surface area contributed by atoms with Crippen LogP contribution in [0.4, 0.5) is 0 Å². The van der Waals surface area contributed by atoms with Gasteiger partial charge in [0, 0.05) is 0 Å². The standard InChI is InChI=1S/C25H41B/c1-25(2)23-6-4-3-5-21(23)22-12-10-19(15-24(22)25)16-7-8-18-14-20(26)11-9-17(18)13-16/h16-24H,3-15H2,1-2H3. The fourth-order valence-electron chi connectivity index (χ4n) is 9.28. The van der Waals surface area contributed by atoms with Crippen molar-refractivity contribution < 1.29 is 0 Å². The SMILES string of the molecule is [B]C1CCC2CC(C3CCC4C5CCCCC5C(C)(C)C4C3)CCC2C1. The molecule has 0 amide bonds. The summed E-state index contributed by atoms with van der Waals surface area (Å²) >= 11 is 0. The van der Waals surface area contributed by atoms with Gasteiger partial charge in [-0.25, -0.2) is 0 Å².